The molecule has 34 heavy (non-hydrogen) atoms. The number of benzene rings is 2. The van der Waals surface area contributed by atoms with Crippen molar-refractivity contribution in [2.24, 2.45) is 4.99 Å². The van der Waals surface area contributed by atoms with E-state index in [1.54, 1.807) is 24.3 Å². The van der Waals surface area contributed by atoms with Gasteiger partial charge in [-0.15, -0.1) is 0 Å². The Hall–Kier alpha value is -3.63. The van der Waals surface area contributed by atoms with Crippen LogP contribution in [0.2, 0.25) is 0 Å². The second-order valence-corrected chi connectivity index (χ2v) is 7.69. The second-order valence-electron chi connectivity index (χ2n) is 7.69. The van der Waals surface area contributed by atoms with Crippen molar-refractivity contribution < 1.29 is 28.5 Å². The molecule has 180 valence electrons. The number of hydrogen-bond acceptors (Lipinski definition) is 8. The van der Waals surface area contributed by atoms with Crippen molar-refractivity contribution in [1.29, 1.82) is 0 Å². The molecular weight excluding hydrogens is 440 g/mol. The first-order valence-electron chi connectivity index (χ1n) is 11.1. The van der Waals surface area contributed by atoms with E-state index >= 15 is 0 Å². The van der Waals surface area contributed by atoms with Crippen LogP contribution in [0.15, 0.2) is 47.5 Å². The Morgan fingerprint density at radius 3 is 2.41 bits per heavy atom. The fourth-order valence-corrected chi connectivity index (χ4v) is 3.55. The molecule has 10 heteroatoms. The predicted octanol–water partition coefficient (Wildman–Crippen LogP) is 1.77. The van der Waals surface area contributed by atoms with Gasteiger partial charge in [-0.2, -0.15) is 0 Å². The van der Waals surface area contributed by atoms with Gasteiger partial charge in [0, 0.05) is 37.0 Å². The molecule has 1 fully saturated rings. The maximum absolute atomic E-state index is 12.9. The molecular formula is C24H28N4O6. The van der Waals surface area contributed by atoms with Crippen LogP contribution < -0.4 is 20.1 Å². The average Bonchev–Trinajstić information content (AvgIpc) is 2.88. The van der Waals surface area contributed by atoms with E-state index in [9.17, 15) is 9.59 Å². The van der Waals surface area contributed by atoms with Crippen molar-refractivity contribution >= 4 is 23.5 Å². The molecule has 2 aliphatic heterocycles. The van der Waals surface area contributed by atoms with Gasteiger partial charge in [-0.25, -0.2) is 4.79 Å². The van der Waals surface area contributed by atoms with Crippen LogP contribution in [0.5, 0.6) is 11.5 Å². The normalized spacial score (nSPS) is 16.0. The Bertz CT molecular complexity index is 1030. The van der Waals surface area contributed by atoms with Crippen LogP contribution in [0, 0.1) is 0 Å². The van der Waals surface area contributed by atoms with Crippen molar-refractivity contribution in [1.82, 2.24) is 10.2 Å². The molecule has 0 saturated carbocycles. The molecule has 0 aliphatic carbocycles. The standard InChI is InChI=1S/C24H28N4O6/c1-31-23(30)18-4-2-17(3-5-18)22(29)27-24(25-8-9-28-10-12-32-13-11-28)26-19-6-7-20-21(16-19)34-15-14-33-20/h2-7,16H,8-15H2,1H3,(H2,25,26,27,29). The largest absolute Gasteiger partial charge is 0.486 e. The number of methoxy groups -OCH3 is 1. The minimum Gasteiger partial charge on any atom is -0.486 e. The number of aliphatic imine (C=N–C) groups is 1. The van der Waals surface area contributed by atoms with Crippen molar-refractivity contribution in [3.05, 3.63) is 53.6 Å². The molecule has 2 aromatic rings. The summed E-state index contributed by atoms with van der Waals surface area (Å²) in [4.78, 5) is 31.4. The first kappa shape index (κ1) is 23.5. The van der Waals surface area contributed by atoms with E-state index in [-0.39, 0.29) is 5.91 Å². The molecule has 0 radical (unpaired) electrons. The Balaban J connectivity index is 1.46. The molecule has 0 aromatic heterocycles. The van der Waals surface area contributed by atoms with Gasteiger partial charge < -0.3 is 24.3 Å². The van der Waals surface area contributed by atoms with Gasteiger partial charge in [0.2, 0.25) is 5.96 Å². The van der Waals surface area contributed by atoms with Crippen LogP contribution in [-0.2, 0) is 9.47 Å². The summed E-state index contributed by atoms with van der Waals surface area (Å²) in [6.07, 6.45) is 0. The molecule has 0 bridgehead atoms. The Morgan fingerprint density at radius 2 is 1.68 bits per heavy atom. The number of carbonyl (C=O) groups excluding carboxylic acids is 2. The molecule has 2 N–H and O–H groups in total. The molecule has 2 aromatic carbocycles. The quantitative estimate of drug-likeness (QED) is 0.375. The highest BCUT2D eigenvalue weighted by atomic mass is 16.6. The monoisotopic (exact) mass is 468 g/mol. The van der Waals surface area contributed by atoms with Crippen molar-refractivity contribution in [3.8, 4) is 11.5 Å². The van der Waals surface area contributed by atoms with Crippen molar-refractivity contribution in [2.45, 2.75) is 0 Å². The molecule has 0 unspecified atom stereocenters. The zero-order valence-corrected chi connectivity index (χ0v) is 19.0. The van der Waals surface area contributed by atoms with Gasteiger partial charge in [-0.1, -0.05) is 0 Å². The van der Waals surface area contributed by atoms with E-state index in [4.69, 9.17) is 18.9 Å². The highest BCUT2D eigenvalue weighted by molar-refractivity contribution is 6.10. The third-order valence-corrected chi connectivity index (χ3v) is 5.39. The van der Waals surface area contributed by atoms with Gasteiger partial charge in [0.1, 0.15) is 13.2 Å². The zero-order valence-electron chi connectivity index (χ0n) is 19.0. The van der Waals surface area contributed by atoms with Crippen molar-refractivity contribution in [2.75, 3.05) is 65.0 Å². The van der Waals surface area contributed by atoms with E-state index in [1.165, 1.54) is 7.11 Å². The maximum Gasteiger partial charge on any atom is 0.337 e. The minimum absolute atomic E-state index is 0.312. The van der Waals surface area contributed by atoms with E-state index in [2.05, 4.69) is 20.5 Å². The number of rotatable bonds is 6. The third kappa shape index (κ3) is 6.24. The highest BCUT2D eigenvalue weighted by Crippen LogP contribution is 2.32. The second kappa shape index (κ2) is 11.5. The van der Waals surface area contributed by atoms with Gasteiger partial charge in [-0.3, -0.25) is 20.0 Å². The Morgan fingerprint density at radius 1 is 0.971 bits per heavy atom. The third-order valence-electron chi connectivity index (χ3n) is 5.39. The van der Waals surface area contributed by atoms with Crippen LogP contribution in [0.1, 0.15) is 20.7 Å². The summed E-state index contributed by atoms with van der Waals surface area (Å²) < 4.78 is 21.3. The lowest BCUT2D eigenvalue weighted by Crippen LogP contribution is -2.39. The van der Waals surface area contributed by atoms with E-state index in [0.717, 1.165) is 19.6 Å². The summed E-state index contributed by atoms with van der Waals surface area (Å²) in [5.74, 6) is 0.808. The first-order valence-corrected chi connectivity index (χ1v) is 11.1. The summed E-state index contributed by atoms with van der Waals surface area (Å²) >= 11 is 0. The summed E-state index contributed by atoms with van der Waals surface area (Å²) in [5, 5.41) is 6.00. The van der Waals surface area contributed by atoms with E-state index < -0.39 is 5.97 Å². The fraction of sp³-hybridized carbons (Fsp3) is 0.375. The smallest absolute Gasteiger partial charge is 0.337 e. The molecule has 10 nitrogen and oxygen atoms in total. The number of nitrogens with zero attached hydrogens (tertiary/aromatic N) is 2. The number of amides is 1. The SMILES string of the molecule is COC(=O)c1ccc(C(=O)NC(=NCCN2CCOCC2)Nc2ccc3c(c2)OCCO3)cc1. The summed E-state index contributed by atoms with van der Waals surface area (Å²) in [7, 11) is 1.31. The molecule has 2 heterocycles. The predicted molar refractivity (Wildman–Crippen MR) is 126 cm³/mol. The molecule has 0 atom stereocenters. The number of ether oxygens (including phenoxy) is 4. The van der Waals surface area contributed by atoms with E-state index in [1.807, 2.05) is 18.2 Å². The fourth-order valence-electron chi connectivity index (χ4n) is 3.55. The van der Waals surface area contributed by atoms with Crippen molar-refractivity contribution in [3.63, 3.8) is 0 Å². The number of anilines is 1. The summed E-state index contributed by atoms with van der Waals surface area (Å²) in [5.41, 5.74) is 1.46. The van der Waals surface area contributed by atoms with Gasteiger partial charge in [-0.05, 0) is 36.4 Å². The first-order chi connectivity index (χ1) is 16.6. The molecule has 2 aliphatic rings. The number of nitrogens with one attached hydrogen (secondary N) is 2. The molecule has 0 spiro atoms. The van der Waals surface area contributed by atoms with Crippen LogP contribution >= 0.6 is 0 Å². The van der Waals surface area contributed by atoms with Crippen LogP contribution in [-0.4, -0.2) is 82.5 Å². The Kier molecular flexibility index (Phi) is 7.95. The minimum atomic E-state index is -0.461. The van der Waals surface area contributed by atoms with Gasteiger partial charge in [0.25, 0.3) is 5.91 Å². The van der Waals surface area contributed by atoms with Gasteiger partial charge in [0.15, 0.2) is 11.5 Å². The molecule has 1 saturated heterocycles. The van der Waals surface area contributed by atoms with Gasteiger partial charge in [0.05, 0.1) is 32.4 Å². The van der Waals surface area contributed by atoms with Crippen LogP contribution in [0.3, 0.4) is 0 Å². The number of morpholine rings is 1. The van der Waals surface area contributed by atoms with Crippen LogP contribution in [0.25, 0.3) is 0 Å². The topological polar surface area (TPSA) is 111 Å². The number of fused-ring (bicyclic) bond motifs is 1. The Labute approximate surface area is 197 Å². The number of carbonyl (C=O) groups is 2. The van der Waals surface area contributed by atoms with Gasteiger partial charge >= 0.3 is 5.97 Å². The highest BCUT2D eigenvalue weighted by Gasteiger charge is 2.15. The lowest BCUT2D eigenvalue weighted by atomic mass is 10.1. The number of guanidine groups is 1. The average molecular weight is 469 g/mol. The lowest BCUT2D eigenvalue weighted by molar-refractivity contribution is 0.0394. The number of esters is 1. The number of hydrogen-bond donors (Lipinski definition) is 2. The van der Waals surface area contributed by atoms with E-state index in [0.29, 0.717) is 67.2 Å². The molecule has 4 rings (SSSR count). The lowest BCUT2D eigenvalue weighted by Gasteiger charge is -2.25. The zero-order chi connectivity index (χ0) is 23.8. The summed E-state index contributed by atoms with van der Waals surface area (Å²) in [6, 6.07) is 11.7. The molecule has 1 amide bonds. The summed E-state index contributed by atoms with van der Waals surface area (Å²) in [6.45, 7) is 5.38. The van der Waals surface area contributed by atoms with Crippen LogP contribution in [0.4, 0.5) is 5.69 Å². The maximum atomic E-state index is 12.9.